The third-order valence-corrected chi connectivity index (χ3v) is 9.17. The monoisotopic (exact) mass is 577 g/mol. The number of methoxy groups -OCH3 is 2. The van der Waals surface area contributed by atoms with Crippen molar-refractivity contribution in [3.63, 3.8) is 0 Å². The van der Waals surface area contributed by atoms with E-state index in [0.29, 0.717) is 23.1 Å². The Balaban J connectivity index is 1.16. The van der Waals surface area contributed by atoms with E-state index in [9.17, 15) is 4.79 Å². The number of hydrogen-bond donors (Lipinski definition) is 1. The van der Waals surface area contributed by atoms with E-state index in [1.54, 1.807) is 38.9 Å². The molecule has 0 spiro atoms. The number of carbonyl (C=O) groups excluding carboxylic acids is 1. The molecule has 3 saturated heterocycles. The summed E-state index contributed by atoms with van der Waals surface area (Å²) in [5.74, 6) is 2.08. The summed E-state index contributed by atoms with van der Waals surface area (Å²) in [6.07, 6.45) is 12.0. The first-order chi connectivity index (χ1) is 21.1. The van der Waals surface area contributed by atoms with Crippen LogP contribution in [-0.2, 0) is 0 Å². The minimum Gasteiger partial charge on any atom is -0.497 e. The molecule has 1 N–H and O–H groups in total. The Labute approximate surface area is 250 Å². The predicted octanol–water partition coefficient (Wildman–Crippen LogP) is 5.03. The second kappa shape index (κ2) is 11.6. The van der Waals surface area contributed by atoms with Gasteiger partial charge in [-0.25, -0.2) is 4.98 Å². The first-order valence-electron chi connectivity index (χ1n) is 14.9. The Morgan fingerprint density at radius 2 is 2.00 bits per heavy atom. The summed E-state index contributed by atoms with van der Waals surface area (Å²) in [7, 11) is 3.33. The average Bonchev–Trinajstić information content (AvgIpc) is 3.54. The van der Waals surface area contributed by atoms with Gasteiger partial charge in [0.2, 0.25) is 0 Å². The third kappa shape index (κ3) is 5.41. The molecule has 8 rings (SSSR count). The van der Waals surface area contributed by atoms with E-state index < -0.39 is 0 Å². The summed E-state index contributed by atoms with van der Waals surface area (Å²) >= 11 is 0. The van der Waals surface area contributed by atoms with E-state index in [1.807, 2.05) is 36.5 Å². The molecule has 5 atom stereocenters. The zero-order valence-electron chi connectivity index (χ0n) is 24.4. The summed E-state index contributed by atoms with van der Waals surface area (Å²) in [4.78, 5) is 30.0. The molecule has 0 saturated carbocycles. The maximum absolute atomic E-state index is 13.3. The molecule has 4 unspecified atom stereocenters. The van der Waals surface area contributed by atoms with Crippen molar-refractivity contribution in [1.82, 2.24) is 20.2 Å². The average molecular weight is 578 g/mol. The lowest BCUT2D eigenvalue weighted by molar-refractivity contribution is 0.00713. The molecule has 220 valence electrons. The van der Waals surface area contributed by atoms with E-state index in [2.05, 4.69) is 32.3 Å². The molecule has 2 bridgehead atoms. The minimum atomic E-state index is -0.137. The van der Waals surface area contributed by atoms with Crippen molar-refractivity contribution in [3.05, 3.63) is 89.7 Å². The maximum Gasteiger partial charge on any atom is 0.270 e. The molecule has 1 aromatic carbocycles. The van der Waals surface area contributed by atoms with Crippen LogP contribution < -0.4 is 14.8 Å². The van der Waals surface area contributed by atoms with Crippen LogP contribution in [0.5, 0.6) is 11.5 Å². The van der Waals surface area contributed by atoms with Gasteiger partial charge in [0.05, 0.1) is 38.4 Å². The number of aliphatic imine (C=N–C) groups is 1. The molecule has 9 heteroatoms. The van der Waals surface area contributed by atoms with Gasteiger partial charge in [0.1, 0.15) is 17.2 Å². The quantitative estimate of drug-likeness (QED) is 0.329. The first kappa shape index (κ1) is 27.3. The Hall–Kier alpha value is -4.50. The Bertz CT molecular complexity index is 1700. The summed E-state index contributed by atoms with van der Waals surface area (Å²) in [5.41, 5.74) is 5.24. The highest BCUT2D eigenvalue weighted by Gasteiger charge is 2.45. The largest absolute Gasteiger partial charge is 0.497 e. The van der Waals surface area contributed by atoms with Crippen molar-refractivity contribution in [1.29, 1.82) is 0 Å². The van der Waals surface area contributed by atoms with Crippen LogP contribution in [-0.4, -0.2) is 72.4 Å². The SMILES string of the molecule is COc1ccc(/C=C2\CCC(C3CN4CCC3[C@@H](NC(=O)c3cc5ccoc5cn3)C4)N=C2c2cccnc2)c(OC)c1. The second-order valence-corrected chi connectivity index (χ2v) is 11.6. The lowest BCUT2D eigenvalue weighted by atomic mass is 9.70. The van der Waals surface area contributed by atoms with Crippen molar-refractivity contribution >= 4 is 28.7 Å². The molecule has 0 radical (unpaired) electrons. The van der Waals surface area contributed by atoms with Gasteiger partial charge in [-0.1, -0.05) is 0 Å². The minimum absolute atomic E-state index is 0.0550. The second-order valence-electron chi connectivity index (χ2n) is 11.6. The molecular formula is C34H35N5O4. The molecule has 3 fully saturated rings. The highest BCUT2D eigenvalue weighted by Crippen LogP contribution is 2.40. The summed E-state index contributed by atoms with van der Waals surface area (Å²) < 4.78 is 16.5. The molecule has 4 aliphatic rings. The number of pyridine rings is 2. The molecule has 0 aliphatic carbocycles. The lowest BCUT2D eigenvalue weighted by Gasteiger charge is -2.51. The van der Waals surface area contributed by atoms with Crippen LogP contribution in [0, 0.1) is 11.8 Å². The number of amides is 1. The summed E-state index contributed by atoms with van der Waals surface area (Å²) in [6, 6.07) is 13.8. The van der Waals surface area contributed by atoms with Gasteiger partial charge >= 0.3 is 0 Å². The van der Waals surface area contributed by atoms with Gasteiger partial charge in [0, 0.05) is 54.1 Å². The van der Waals surface area contributed by atoms with E-state index in [0.717, 1.165) is 72.6 Å². The Morgan fingerprint density at radius 3 is 2.81 bits per heavy atom. The molecule has 7 heterocycles. The lowest BCUT2D eigenvalue weighted by Crippen LogP contribution is -2.63. The van der Waals surface area contributed by atoms with Gasteiger partial charge in [-0.05, 0) is 85.7 Å². The number of ether oxygens (including phenoxy) is 2. The number of allylic oxidation sites excluding steroid dienone is 1. The summed E-state index contributed by atoms with van der Waals surface area (Å²) in [6.45, 7) is 2.91. The van der Waals surface area contributed by atoms with E-state index in [-0.39, 0.29) is 18.0 Å². The van der Waals surface area contributed by atoms with Crippen LogP contribution in [0.4, 0.5) is 0 Å². The van der Waals surface area contributed by atoms with Crippen LogP contribution >= 0.6 is 0 Å². The zero-order chi connectivity index (χ0) is 29.3. The molecular weight excluding hydrogens is 542 g/mol. The predicted molar refractivity (Wildman–Crippen MR) is 165 cm³/mol. The number of nitrogens with zero attached hydrogens (tertiary/aromatic N) is 4. The van der Waals surface area contributed by atoms with Gasteiger partial charge in [-0.15, -0.1) is 0 Å². The summed E-state index contributed by atoms with van der Waals surface area (Å²) in [5, 5.41) is 4.21. The Kier molecular flexibility index (Phi) is 7.40. The van der Waals surface area contributed by atoms with E-state index in [1.165, 1.54) is 5.57 Å². The third-order valence-electron chi connectivity index (χ3n) is 9.17. The van der Waals surface area contributed by atoms with Crippen molar-refractivity contribution in [2.45, 2.75) is 31.3 Å². The Morgan fingerprint density at radius 1 is 1.07 bits per heavy atom. The van der Waals surface area contributed by atoms with Crippen LogP contribution in [0.15, 0.2) is 82.3 Å². The highest BCUT2D eigenvalue weighted by atomic mass is 16.5. The fraction of sp³-hybridized carbons (Fsp3) is 0.353. The van der Waals surface area contributed by atoms with Crippen LogP contribution in [0.25, 0.3) is 17.0 Å². The number of benzene rings is 1. The fourth-order valence-corrected chi connectivity index (χ4v) is 7.02. The van der Waals surface area contributed by atoms with Crippen molar-refractivity contribution in [3.8, 4) is 11.5 Å². The number of piperidine rings is 3. The number of nitrogens with one attached hydrogen (secondary N) is 1. The van der Waals surface area contributed by atoms with Crippen LogP contribution in [0.3, 0.4) is 0 Å². The van der Waals surface area contributed by atoms with Gasteiger partial charge in [0.25, 0.3) is 5.91 Å². The highest BCUT2D eigenvalue weighted by molar-refractivity contribution is 6.15. The number of furan rings is 1. The van der Waals surface area contributed by atoms with E-state index in [4.69, 9.17) is 18.9 Å². The molecule has 43 heavy (non-hydrogen) atoms. The van der Waals surface area contributed by atoms with Gasteiger partial charge in [-0.3, -0.25) is 14.8 Å². The van der Waals surface area contributed by atoms with Gasteiger partial charge in [-0.2, -0.15) is 0 Å². The van der Waals surface area contributed by atoms with Gasteiger partial charge in [0.15, 0.2) is 5.58 Å². The normalized spacial score (nSPS) is 25.9. The number of rotatable bonds is 7. The topological polar surface area (TPSA) is 102 Å². The standard InChI is InChI=1S/C34H35N5O4/c1-41-25-7-5-21(31(16-25)42-2)14-23-6-8-28(37-33(23)24-4-3-11-35-17-24)27-19-39-12-9-26(27)30(20-39)38-34(40)29-15-22-10-13-43-32(22)18-36-29/h3-5,7,10-11,13-18,26-28,30H,6,8-9,12,19-20H2,1-2H3,(H,38,40)/b23-14+/t26?,27?,28?,30-/m0/s1. The molecule has 4 aromatic rings. The van der Waals surface area contributed by atoms with Crippen molar-refractivity contribution in [2.24, 2.45) is 16.8 Å². The zero-order valence-corrected chi connectivity index (χ0v) is 24.4. The number of hydrogen-bond acceptors (Lipinski definition) is 8. The maximum atomic E-state index is 13.3. The van der Waals surface area contributed by atoms with Crippen LogP contribution in [0.2, 0.25) is 0 Å². The first-order valence-corrected chi connectivity index (χ1v) is 14.9. The number of aromatic nitrogens is 2. The molecule has 3 aromatic heterocycles. The molecule has 4 aliphatic heterocycles. The number of fused-ring (bicyclic) bond motifs is 4. The number of carbonyl (C=O) groups is 1. The van der Waals surface area contributed by atoms with Crippen molar-refractivity contribution in [2.75, 3.05) is 33.9 Å². The van der Waals surface area contributed by atoms with Crippen molar-refractivity contribution < 1.29 is 18.7 Å². The van der Waals surface area contributed by atoms with E-state index >= 15 is 0 Å². The smallest absolute Gasteiger partial charge is 0.270 e. The molecule has 9 nitrogen and oxygen atoms in total. The van der Waals surface area contributed by atoms with Gasteiger partial charge < -0.3 is 24.1 Å². The van der Waals surface area contributed by atoms with Crippen LogP contribution in [0.1, 0.15) is 40.9 Å². The molecule has 1 amide bonds. The fourth-order valence-electron chi connectivity index (χ4n) is 7.02.